The van der Waals surface area contributed by atoms with Crippen LogP contribution in [0.2, 0.25) is 0 Å². The second-order valence-corrected chi connectivity index (χ2v) is 5.90. The van der Waals surface area contributed by atoms with Gasteiger partial charge in [-0.2, -0.15) is 0 Å². The molecule has 0 bridgehead atoms. The summed E-state index contributed by atoms with van der Waals surface area (Å²) in [5.41, 5.74) is 1.81. The van der Waals surface area contributed by atoms with Crippen LogP contribution in [0.5, 0.6) is 0 Å². The number of benzene rings is 1. The summed E-state index contributed by atoms with van der Waals surface area (Å²) in [6, 6.07) is 11.0. The number of nitrogens with zero attached hydrogens (tertiary/aromatic N) is 2. The standard InChI is InChI=1S/C18H21N3O3/c1-20(18(23)16-9-6-12-24-16)13-17(22)19-14-7-2-3-8-15(14)21-10-4-5-11-21/h2-3,6-9,12H,4-5,10-11,13H2,1H3,(H,19,22). The Balaban J connectivity index is 1.64. The van der Waals surface area contributed by atoms with Gasteiger partial charge in [0.1, 0.15) is 0 Å². The summed E-state index contributed by atoms with van der Waals surface area (Å²) in [6.07, 6.45) is 3.78. The Morgan fingerprint density at radius 2 is 1.92 bits per heavy atom. The summed E-state index contributed by atoms with van der Waals surface area (Å²) in [4.78, 5) is 28.0. The minimum atomic E-state index is -0.317. The van der Waals surface area contributed by atoms with Crippen molar-refractivity contribution in [3.8, 4) is 0 Å². The number of carbonyl (C=O) groups excluding carboxylic acids is 2. The molecule has 1 N–H and O–H groups in total. The van der Waals surface area contributed by atoms with Gasteiger partial charge in [0.25, 0.3) is 5.91 Å². The molecule has 0 saturated carbocycles. The summed E-state index contributed by atoms with van der Waals surface area (Å²) in [5.74, 6) is -0.324. The third-order valence-corrected chi connectivity index (χ3v) is 4.08. The van der Waals surface area contributed by atoms with Crippen LogP contribution in [0.3, 0.4) is 0 Å². The van der Waals surface area contributed by atoms with Crippen LogP contribution in [-0.4, -0.2) is 43.4 Å². The van der Waals surface area contributed by atoms with Gasteiger partial charge in [-0.3, -0.25) is 9.59 Å². The van der Waals surface area contributed by atoms with Gasteiger partial charge >= 0.3 is 0 Å². The van der Waals surface area contributed by atoms with Gasteiger partial charge in [-0.1, -0.05) is 12.1 Å². The van der Waals surface area contributed by atoms with Crippen molar-refractivity contribution in [3.05, 3.63) is 48.4 Å². The molecular weight excluding hydrogens is 306 g/mol. The maximum atomic E-state index is 12.3. The predicted molar refractivity (Wildman–Crippen MR) is 92.2 cm³/mol. The van der Waals surface area contributed by atoms with Crippen LogP contribution in [0.15, 0.2) is 47.1 Å². The summed E-state index contributed by atoms with van der Waals surface area (Å²) >= 11 is 0. The number of likely N-dealkylation sites (N-methyl/N-ethyl adjacent to an activating group) is 1. The molecule has 1 aliphatic heterocycles. The molecule has 0 spiro atoms. The average Bonchev–Trinajstić information content (AvgIpc) is 3.28. The molecule has 2 amide bonds. The number of furan rings is 1. The van der Waals surface area contributed by atoms with E-state index in [9.17, 15) is 9.59 Å². The molecule has 6 nitrogen and oxygen atoms in total. The maximum absolute atomic E-state index is 12.3. The smallest absolute Gasteiger partial charge is 0.289 e. The summed E-state index contributed by atoms with van der Waals surface area (Å²) < 4.78 is 5.07. The Kier molecular flexibility index (Phi) is 4.84. The maximum Gasteiger partial charge on any atom is 0.289 e. The minimum absolute atomic E-state index is 0.0339. The van der Waals surface area contributed by atoms with Crippen molar-refractivity contribution in [2.75, 3.05) is 36.9 Å². The van der Waals surface area contributed by atoms with Gasteiger partial charge < -0.3 is 19.5 Å². The second kappa shape index (κ2) is 7.21. The van der Waals surface area contributed by atoms with E-state index < -0.39 is 0 Å². The minimum Gasteiger partial charge on any atom is -0.459 e. The summed E-state index contributed by atoms with van der Waals surface area (Å²) in [5, 5.41) is 2.91. The van der Waals surface area contributed by atoms with Crippen LogP contribution < -0.4 is 10.2 Å². The lowest BCUT2D eigenvalue weighted by Crippen LogP contribution is -2.35. The van der Waals surface area contributed by atoms with Crippen LogP contribution in [0.25, 0.3) is 0 Å². The fraction of sp³-hybridized carbons (Fsp3) is 0.333. The Labute approximate surface area is 141 Å². The fourth-order valence-corrected chi connectivity index (χ4v) is 2.88. The second-order valence-electron chi connectivity index (χ2n) is 5.90. The van der Waals surface area contributed by atoms with E-state index in [2.05, 4.69) is 10.2 Å². The van der Waals surface area contributed by atoms with E-state index in [0.717, 1.165) is 24.5 Å². The zero-order valence-corrected chi connectivity index (χ0v) is 13.7. The highest BCUT2D eigenvalue weighted by Crippen LogP contribution is 2.28. The summed E-state index contributed by atoms with van der Waals surface area (Å²) in [7, 11) is 1.58. The van der Waals surface area contributed by atoms with Crippen molar-refractivity contribution in [2.24, 2.45) is 0 Å². The lowest BCUT2D eigenvalue weighted by atomic mass is 10.2. The van der Waals surface area contributed by atoms with Crippen LogP contribution in [-0.2, 0) is 4.79 Å². The van der Waals surface area contributed by atoms with Gasteiger partial charge in [-0.25, -0.2) is 0 Å². The van der Waals surface area contributed by atoms with Crippen molar-refractivity contribution in [3.63, 3.8) is 0 Å². The van der Waals surface area contributed by atoms with E-state index in [-0.39, 0.29) is 24.1 Å². The van der Waals surface area contributed by atoms with Crippen LogP contribution in [0.1, 0.15) is 23.4 Å². The number of anilines is 2. The van der Waals surface area contributed by atoms with Crippen LogP contribution >= 0.6 is 0 Å². The molecule has 1 fully saturated rings. The van der Waals surface area contributed by atoms with E-state index in [4.69, 9.17) is 4.42 Å². The third kappa shape index (κ3) is 3.59. The molecule has 2 heterocycles. The Bertz CT molecular complexity index is 706. The number of amides is 2. The first kappa shape index (κ1) is 16.1. The van der Waals surface area contributed by atoms with Crippen molar-refractivity contribution >= 4 is 23.2 Å². The zero-order valence-electron chi connectivity index (χ0n) is 13.7. The van der Waals surface area contributed by atoms with Crippen LogP contribution in [0.4, 0.5) is 11.4 Å². The number of hydrogen-bond donors (Lipinski definition) is 1. The molecule has 2 aromatic rings. The average molecular weight is 327 g/mol. The molecule has 1 aromatic heterocycles. The number of hydrogen-bond acceptors (Lipinski definition) is 4. The monoisotopic (exact) mass is 327 g/mol. The van der Waals surface area contributed by atoms with Gasteiger partial charge in [0.2, 0.25) is 5.91 Å². The quantitative estimate of drug-likeness (QED) is 0.917. The van der Waals surface area contributed by atoms with Crippen molar-refractivity contribution in [1.82, 2.24) is 4.90 Å². The van der Waals surface area contributed by atoms with E-state index >= 15 is 0 Å². The van der Waals surface area contributed by atoms with Gasteiger partial charge in [-0.15, -0.1) is 0 Å². The third-order valence-electron chi connectivity index (χ3n) is 4.08. The first-order valence-electron chi connectivity index (χ1n) is 8.08. The zero-order chi connectivity index (χ0) is 16.9. The molecule has 0 aliphatic carbocycles. The lowest BCUT2D eigenvalue weighted by Gasteiger charge is -2.22. The highest BCUT2D eigenvalue weighted by atomic mass is 16.3. The molecule has 1 saturated heterocycles. The van der Waals surface area contributed by atoms with E-state index in [1.807, 2.05) is 24.3 Å². The van der Waals surface area contributed by atoms with Gasteiger partial charge in [0.05, 0.1) is 24.2 Å². The molecule has 1 aliphatic rings. The highest BCUT2D eigenvalue weighted by Gasteiger charge is 2.19. The SMILES string of the molecule is CN(CC(=O)Nc1ccccc1N1CCCC1)C(=O)c1ccco1. The lowest BCUT2D eigenvalue weighted by molar-refractivity contribution is -0.116. The van der Waals surface area contributed by atoms with Crippen molar-refractivity contribution < 1.29 is 14.0 Å². The van der Waals surface area contributed by atoms with Gasteiger partial charge in [-0.05, 0) is 37.1 Å². The topological polar surface area (TPSA) is 65.8 Å². The van der Waals surface area contributed by atoms with Crippen molar-refractivity contribution in [2.45, 2.75) is 12.8 Å². The molecule has 0 atom stereocenters. The highest BCUT2D eigenvalue weighted by molar-refractivity contribution is 5.99. The predicted octanol–water partition coefficient (Wildman–Crippen LogP) is 2.59. The van der Waals surface area contributed by atoms with Gasteiger partial charge in [0, 0.05) is 20.1 Å². The molecule has 0 radical (unpaired) electrons. The Morgan fingerprint density at radius 1 is 1.17 bits per heavy atom. The largest absolute Gasteiger partial charge is 0.459 e. The van der Waals surface area contributed by atoms with E-state index in [0.29, 0.717) is 0 Å². The molecule has 0 unspecified atom stereocenters. The number of rotatable bonds is 5. The normalized spacial score (nSPS) is 13.8. The number of para-hydroxylation sites is 2. The molecule has 126 valence electrons. The van der Waals surface area contributed by atoms with E-state index in [1.54, 1.807) is 19.2 Å². The molecule has 1 aromatic carbocycles. The summed E-state index contributed by atoms with van der Waals surface area (Å²) in [6.45, 7) is 1.97. The molecular formula is C18H21N3O3. The fourth-order valence-electron chi connectivity index (χ4n) is 2.88. The molecule has 6 heteroatoms. The van der Waals surface area contributed by atoms with Crippen LogP contribution in [0, 0.1) is 0 Å². The Morgan fingerprint density at radius 3 is 2.62 bits per heavy atom. The van der Waals surface area contributed by atoms with E-state index in [1.165, 1.54) is 24.0 Å². The first-order valence-corrected chi connectivity index (χ1v) is 8.08. The molecule has 3 rings (SSSR count). The molecule has 24 heavy (non-hydrogen) atoms. The van der Waals surface area contributed by atoms with Crippen molar-refractivity contribution in [1.29, 1.82) is 0 Å². The number of carbonyl (C=O) groups is 2. The Hall–Kier alpha value is -2.76. The number of nitrogens with one attached hydrogen (secondary N) is 1. The van der Waals surface area contributed by atoms with Gasteiger partial charge in [0.15, 0.2) is 5.76 Å². The first-order chi connectivity index (χ1) is 11.6.